The number of hydrogen-bond acceptors (Lipinski definition) is 4. The van der Waals surface area contributed by atoms with E-state index >= 15 is 0 Å². The van der Waals surface area contributed by atoms with E-state index in [1.165, 1.54) is 0 Å². The van der Waals surface area contributed by atoms with Crippen LogP contribution in [0.25, 0.3) is 0 Å². The third kappa shape index (κ3) is 2.92. The largest absolute Gasteiger partial charge is 0.497 e. The van der Waals surface area contributed by atoms with Gasteiger partial charge in [-0.1, -0.05) is 25.1 Å². The number of ketones is 2. The van der Waals surface area contributed by atoms with E-state index in [4.69, 9.17) is 9.47 Å². The Morgan fingerprint density at radius 2 is 1.90 bits per heavy atom. The maximum Gasteiger partial charge on any atom is 0.163 e. The topological polar surface area (TPSA) is 52.6 Å². The Bertz CT molecular complexity index is 923. The first kappa shape index (κ1) is 18.8. The lowest BCUT2D eigenvalue weighted by atomic mass is 9.59. The molecule has 5 rings (SSSR count). The zero-order chi connectivity index (χ0) is 20.2. The van der Waals surface area contributed by atoms with Crippen LogP contribution in [0.1, 0.15) is 57.1 Å². The molecule has 1 aliphatic heterocycles. The van der Waals surface area contributed by atoms with Crippen molar-refractivity contribution in [1.82, 2.24) is 0 Å². The number of rotatable bonds is 2. The molecule has 4 nitrogen and oxygen atoms in total. The SMILES string of the molecule is COc1ccc(C2CC3CC(=O)C4=C(C(=O)CCC5CCC=C45)C3(C)CO2)cc1. The molecule has 0 spiro atoms. The van der Waals surface area contributed by atoms with Gasteiger partial charge in [0.15, 0.2) is 11.6 Å². The van der Waals surface area contributed by atoms with E-state index in [0.717, 1.165) is 53.7 Å². The Hall–Kier alpha value is -2.20. The van der Waals surface area contributed by atoms with Gasteiger partial charge in [0.25, 0.3) is 0 Å². The molecule has 4 atom stereocenters. The van der Waals surface area contributed by atoms with Crippen LogP contribution in [0.2, 0.25) is 0 Å². The lowest BCUT2D eigenvalue weighted by Gasteiger charge is -2.48. The predicted molar refractivity (Wildman–Crippen MR) is 110 cm³/mol. The highest BCUT2D eigenvalue weighted by Crippen LogP contribution is 2.55. The van der Waals surface area contributed by atoms with Crippen molar-refractivity contribution in [2.75, 3.05) is 13.7 Å². The van der Waals surface area contributed by atoms with Crippen LogP contribution >= 0.6 is 0 Å². The van der Waals surface area contributed by atoms with Gasteiger partial charge in [-0.15, -0.1) is 0 Å². The minimum atomic E-state index is -0.373. The summed E-state index contributed by atoms with van der Waals surface area (Å²) in [6, 6.07) is 7.96. The van der Waals surface area contributed by atoms with Crippen LogP contribution in [0, 0.1) is 17.3 Å². The van der Waals surface area contributed by atoms with Gasteiger partial charge >= 0.3 is 0 Å². The van der Waals surface area contributed by atoms with Crippen LogP contribution in [0.15, 0.2) is 47.1 Å². The zero-order valence-electron chi connectivity index (χ0n) is 17.2. The molecule has 1 aromatic carbocycles. The zero-order valence-corrected chi connectivity index (χ0v) is 17.2. The summed E-state index contributed by atoms with van der Waals surface area (Å²) in [5.41, 5.74) is 3.43. The first-order chi connectivity index (χ1) is 14.0. The Kier molecular flexibility index (Phi) is 4.50. The molecule has 0 saturated carbocycles. The second-order valence-corrected chi connectivity index (χ2v) is 9.20. The maximum absolute atomic E-state index is 13.3. The second-order valence-electron chi connectivity index (χ2n) is 9.20. The summed E-state index contributed by atoms with van der Waals surface area (Å²) in [7, 11) is 1.66. The van der Waals surface area contributed by atoms with Crippen LogP contribution in [0.3, 0.4) is 0 Å². The van der Waals surface area contributed by atoms with Crippen LogP contribution in [0.5, 0.6) is 5.75 Å². The molecule has 0 amide bonds. The van der Waals surface area contributed by atoms with E-state index in [-0.39, 0.29) is 29.0 Å². The van der Waals surface area contributed by atoms with Crippen molar-refractivity contribution in [2.45, 2.75) is 51.6 Å². The van der Waals surface area contributed by atoms with Gasteiger partial charge in [-0.2, -0.15) is 0 Å². The monoisotopic (exact) mass is 392 g/mol. The summed E-state index contributed by atoms with van der Waals surface area (Å²) >= 11 is 0. The predicted octanol–water partition coefficient (Wildman–Crippen LogP) is 4.75. The van der Waals surface area contributed by atoms with Crippen LogP contribution < -0.4 is 4.74 Å². The van der Waals surface area contributed by atoms with Gasteiger partial charge in [-0.25, -0.2) is 0 Å². The Balaban J connectivity index is 1.50. The van der Waals surface area contributed by atoms with E-state index in [0.29, 0.717) is 25.4 Å². The molecule has 1 heterocycles. The fraction of sp³-hybridized carbons (Fsp3) is 0.520. The third-order valence-electron chi connectivity index (χ3n) is 7.61. The van der Waals surface area contributed by atoms with Crippen molar-refractivity contribution in [3.05, 3.63) is 52.6 Å². The number of hydrogen-bond donors (Lipinski definition) is 0. The summed E-state index contributed by atoms with van der Waals surface area (Å²) in [6.45, 7) is 2.64. The number of carbonyl (C=O) groups excluding carboxylic acids is 2. The van der Waals surface area contributed by atoms with Crippen molar-refractivity contribution in [2.24, 2.45) is 17.3 Å². The number of benzene rings is 1. The van der Waals surface area contributed by atoms with Crippen molar-refractivity contribution in [1.29, 1.82) is 0 Å². The lowest BCUT2D eigenvalue weighted by molar-refractivity contribution is -0.131. The number of fused-ring (bicyclic) bond motifs is 4. The molecule has 29 heavy (non-hydrogen) atoms. The van der Waals surface area contributed by atoms with Crippen molar-refractivity contribution in [3.63, 3.8) is 0 Å². The van der Waals surface area contributed by atoms with E-state index < -0.39 is 0 Å². The van der Waals surface area contributed by atoms with Gasteiger partial charge in [-0.05, 0) is 60.8 Å². The minimum absolute atomic E-state index is 0.0479. The van der Waals surface area contributed by atoms with Gasteiger partial charge in [0.1, 0.15) is 5.75 Å². The molecule has 4 aliphatic rings. The first-order valence-electron chi connectivity index (χ1n) is 10.8. The summed E-state index contributed by atoms with van der Waals surface area (Å²) in [4.78, 5) is 26.5. The number of Topliss-reactive ketones (excluding diaryl/α,β-unsaturated/α-hetero) is 2. The lowest BCUT2D eigenvalue weighted by Crippen LogP contribution is -2.47. The summed E-state index contributed by atoms with van der Waals surface area (Å²) < 4.78 is 11.6. The highest BCUT2D eigenvalue weighted by atomic mass is 16.5. The van der Waals surface area contributed by atoms with Gasteiger partial charge in [-0.3, -0.25) is 9.59 Å². The molecule has 152 valence electrons. The van der Waals surface area contributed by atoms with Crippen molar-refractivity contribution >= 4 is 11.6 Å². The molecule has 4 heteroatoms. The van der Waals surface area contributed by atoms with E-state index in [2.05, 4.69) is 13.0 Å². The van der Waals surface area contributed by atoms with Crippen LogP contribution in [-0.2, 0) is 14.3 Å². The second kappa shape index (κ2) is 6.94. The van der Waals surface area contributed by atoms with Gasteiger partial charge in [0.2, 0.25) is 0 Å². The van der Waals surface area contributed by atoms with Crippen molar-refractivity contribution in [3.8, 4) is 5.75 Å². The molecule has 0 radical (unpaired) electrons. The maximum atomic E-state index is 13.3. The van der Waals surface area contributed by atoms with Gasteiger partial charge in [0.05, 0.1) is 19.8 Å². The Labute approximate surface area is 172 Å². The molecule has 3 aliphatic carbocycles. The van der Waals surface area contributed by atoms with Crippen LogP contribution in [0.4, 0.5) is 0 Å². The molecule has 1 fully saturated rings. The molecule has 1 saturated heterocycles. The molecule has 0 N–H and O–H groups in total. The molecule has 0 bridgehead atoms. The highest BCUT2D eigenvalue weighted by molar-refractivity contribution is 6.12. The first-order valence-corrected chi connectivity index (χ1v) is 10.8. The Morgan fingerprint density at radius 1 is 1.10 bits per heavy atom. The van der Waals surface area contributed by atoms with E-state index in [1.807, 2.05) is 24.3 Å². The summed E-state index contributed by atoms with van der Waals surface area (Å²) in [5, 5.41) is 0. The number of allylic oxidation sites excluding steroid dienone is 3. The molecule has 0 aromatic heterocycles. The Morgan fingerprint density at radius 3 is 2.66 bits per heavy atom. The summed E-state index contributed by atoms with van der Waals surface area (Å²) in [6.07, 6.45) is 6.97. The fourth-order valence-corrected chi connectivity index (χ4v) is 5.93. The molecular weight excluding hydrogens is 364 g/mol. The van der Waals surface area contributed by atoms with Gasteiger partial charge in [0, 0.05) is 29.4 Å². The molecule has 4 unspecified atom stereocenters. The van der Waals surface area contributed by atoms with E-state index in [1.54, 1.807) is 7.11 Å². The smallest absolute Gasteiger partial charge is 0.163 e. The fourth-order valence-electron chi connectivity index (χ4n) is 5.93. The molecule has 1 aromatic rings. The van der Waals surface area contributed by atoms with Crippen LogP contribution in [-0.4, -0.2) is 25.3 Å². The van der Waals surface area contributed by atoms with Crippen molar-refractivity contribution < 1.29 is 19.1 Å². The number of ether oxygens (including phenoxy) is 2. The summed E-state index contributed by atoms with van der Waals surface area (Å²) in [5.74, 6) is 1.68. The highest BCUT2D eigenvalue weighted by Gasteiger charge is 2.53. The normalized spacial score (nSPS) is 34.1. The van der Waals surface area contributed by atoms with Gasteiger partial charge < -0.3 is 9.47 Å². The standard InChI is InChI=1S/C25H28O4/c1-25-14-29-22(16-6-9-18(28-2)10-7-16)13-17(25)12-21(27)23-19-5-3-4-15(19)8-11-20(26)24(23)25/h5-7,9-10,15,17,22H,3-4,8,11-14H2,1-2H3. The average molecular weight is 392 g/mol. The quantitative estimate of drug-likeness (QED) is 0.729. The molecular formula is C25H28O4. The average Bonchev–Trinajstić information content (AvgIpc) is 3.14. The minimum Gasteiger partial charge on any atom is -0.497 e. The number of methoxy groups -OCH3 is 1. The third-order valence-corrected chi connectivity index (χ3v) is 7.61. The van der Waals surface area contributed by atoms with E-state index in [9.17, 15) is 9.59 Å². The number of carbonyl (C=O) groups is 2.